The zero-order valence-electron chi connectivity index (χ0n) is 54.7. The molecule has 6 amide bonds. The van der Waals surface area contributed by atoms with Crippen molar-refractivity contribution >= 4 is 63.1 Å². The molecule has 6 heterocycles. The van der Waals surface area contributed by atoms with Crippen LogP contribution in [0, 0.1) is 11.8 Å². The van der Waals surface area contributed by atoms with Gasteiger partial charge in [-0.3, -0.25) is 38.2 Å². The Kier molecular flexibility index (Phi) is 23.8. The lowest BCUT2D eigenvalue weighted by molar-refractivity contribution is -0.147. The summed E-state index contributed by atoms with van der Waals surface area (Å²) in [6.45, 7) is 4.61. The number of aromatic hydroxyl groups is 1. The summed E-state index contributed by atoms with van der Waals surface area (Å²) in [6.07, 6.45) is 4.10. The molecular formula is C65H90N12O18S2. The predicted molar refractivity (Wildman–Crippen MR) is 350 cm³/mol. The maximum Gasteiger partial charge on any atom is 0.446 e. The first-order valence-electron chi connectivity index (χ1n) is 33.4. The normalized spacial score (nSPS) is 29.2. The average Bonchev–Trinajstić information content (AvgIpc) is 1.67. The molecule has 0 spiro atoms. The molecule has 0 radical (unpaired) electrons. The van der Waals surface area contributed by atoms with Crippen LogP contribution in [0.15, 0.2) is 54.9 Å². The highest BCUT2D eigenvalue weighted by Crippen LogP contribution is 2.40. The number of hydrogen-bond acceptors (Lipinski definition) is 24. The number of likely N-dealkylation sites (N-methyl/N-ethyl adjacent to an activating group) is 1. The third kappa shape index (κ3) is 18.0. The Hall–Kier alpha value is -7.11. The third-order valence-electron chi connectivity index (χ3n) is 19.7. The summed E-state index contributed by atoms with van der Waals surface area (Å²) >= 11 is 1.53. The van der Waals surface area contributed by atoms with Crippen molar-refractivity contribution in [3.63, 3.8) is 0 Å². The van der Waals surface area contributed by atoms with E-state index in [1.54, 1.807) is 18.9 Å². The van der Waals surface area contributed by atoms with Gasteiger partial charge in [0.05, 0.1) is 54.9 Å². The van der Waals surface area contributed by atoms with Crippen LogP contribution >= 0.6 is 11.3 Å². The summed E-state index contributed by atoms with van der Waals surface area (Å²) < 4.78 is 43.3. The molecule has 2 aromatic carbocycles. The summed E-state index contributed by atoms with van der Waals surface area (Å²) in [5.74, 6) is -7.86. The zero-order chi connectivity index (χ0) is 69.6. The fourth-order valence-corrected chi connectivity index (χ4v) is 15.6. The maximum atomic E-state index is 14.8. The van der Waals surface area contributed by atoms with E-state index in [9.17, 15) is 77.5 Å². The number of β-amino-alcohol motifs (C(OH)–C–C–N with tert-alkyl or cyclic N) is 1. The van der Waals surface area contributed by atoms with E-state index in [-0.39, 0.29) is 36.5 Å². The van der Waals surface area contributed by atoms with E-state index in [1.165, 1.54) is 43.6 Å². The number of nitrogens with one attached hydrogen (secondary N) is 4. The molecule has 30 nitrogen and oxygen atoms in total. The number of phenolic OH excluding ortho intramolecular Hbond substituents is 1. The molecule has 2 aromatic heterocycles. The Morgan fingerprint density at radius 3 is 1.97 bits per heavy atom. The summed E-state index contributed by atoms with van der Waals surface area (Å²) in [4.78, 5) is 103. The number of aromatic nitrogens is 4. The Labute approximate surface area is 566 Å². The highest BCUT2D eigenvalue weighted by Gasteiger charge is 2.50. The lowest BCUT2D eigenvalue weighted by Crippen LogP contribution is -2.64. The average molecular weight is 1390 g/mol. The second kappa shape index (κ2) is 31.8. The second-order valence-corrected chi connectivity index (χ2v) is 29.0. The number of benzene rings is 2. The molecule has 530 valence electrons. The highest BCUT2D eigenvalue weighted by atomic mass is 32.3. The fraction of sp³-hybridized carbons (Fsp3) is 0.631. The van der Waals surface area contributed by atoms with Crippen molar-refractivity contribution in [2.75, 3.05) is 51.2 Å². The molecule has 13 atom stereocenters. The van der Waals surface area contributed by atoms with Crippen LogP contribution in [0.3, 0.4) is 0 Å². The number of carbonyl (C=O) groups is 6. The van der Waals surface area contributed by atoms with E-state index in [0.717, 1.165) is 107 Å². The van der Waals surface area contributed by atoms with Crippen molar-refractivity contribution < 1.29 is 86.4 Å². The molecule has 2 saturated carbocycles. The van der Waals surface area contributed by atoms with Gasteiger partial charge in [-0.1, -0.05) is 67.9 Å². The number of carbonyl (C=O) groups excluding carboxylic acids is 6. The van der Waals surface area contributed by atoms with Gasteiger partial charge in [0.2, 0.25) is 41.4 Å². The Morgan fingerprint density at radius 1 is 0.701 bits per heavy atom. The molecule has 6 aliphatic rings. The number of rotatable bonds is 16. The topological polar surface area (TPSA) is 429 Å². The maximum absolute atomic E-state index is 14.8. The van der Waals surface area contributed by atoms with Gasteiger partial charge in [0, 0.05) is 87.5 Å². The van der Waals surface area contributed by atoms with Crippen LogP contribution in [0.25, 0.3) is 21.7 Å². The van der Waals surface area contributed by atoms with Gasteiger partial charge < -0.3 is 80.6 Å². The van der Waals surface area contributed by atoms with Gasteiger partial charge in [0.25, 0.3) is 0 Å². The van der Waals surface area contributed by atoms with Gasteiger partial charge in [-0.05, 0) is 108 Å². The minimum absolute atomic E-state index is 0.0209. The number of piperidine rings is 1. The van der Waals surface area contributed by atoms with E-state index in [4.69, 9.17) is 14.7 Å². The van der Waals surface area contributed by atoms with Crippen LogP contribution in [0.5, 0.6) is 11.5 Å². The quantitative estimate of drug-likeness (QED) is 0.0672. The van der Waals surface area contributed by atoms with Crippen LogP contribution in [0.4, 0.5) is 5.95 Å². The van der Waals surface area contributed by atoms with Gasteiger partial charge in [-0.2, -0.15) is 8.42 Å². The van der Waals surface area contributed by atoms with E-state index >= 15 is 0 Å². The number of ether oxygens (including phenoxy) is 1. The van der Waals surface area contributed by atoms with Gasteiger partial charge in [0.1, 0.15) is 40.2 Å². The van der Waals surface area contributed by atoms with E-state index in [1.807, 2.05) is 36.7 Å². The third-order valence-corrected chi connectivity index (χ3v) is 21.2. The molecule has 32 heteroatoms. The summed E-state index contributed by atoms with van der Waals surface area (Å²) in [6, 6.07) is 0.682. The Morgan fingerprint density at radius 2 is 1.32 bits per heavy atom. The van der Waals surface area contributed by atoms with E-state index in [0.29, 0.717) is 31.4 Å². The van der Waals surface area contributed by atoms with Crippen LogP contribution in [0.1, 0.15) is 121 Å². The van der Waals surface area contributed by atoms with Crippen LogP contribution in [-0.2, 0) is 50.3 Å². The fourth-order valence-electron chi connectivity index (χ4n) is 14.2. The smallest absolute Gasteiger partial charge is 0.446 e. The molecule has 6 fully saturated rings. The lowest BCUT2D eigenvalue weighted by atomic mass is 9.82. The summed E-state index contributed by atoms with van der Waals surface area (Å²) in [5.41, 5.74) is 2.73. The molecule has 4 saturated heterocycles. The first kappa shape index (κ1) is 72.6. The van der Waals surface area contributed by atoms with E-state index in [2.05, 4.69) is 40.5 Å². The number of anilines is 1. The van der Waals surface area contributed by atoms with Crippen molar-refractivity contribution in [2.24, 2.45) is 11.8 Å². The van der Waals surface area contributed by atoms with E-state index < -0.39 is 162 Å². The molecule has 4 aromatic rings. The van der Waals surface area contributed by atoms with Crippen molar-refractivity contribution in [1.82, 2.24) is 56.1 Å². The standard InChI is InChI=1S/C65H90N12O18S2/c1-34-31-77-55(56(34)84)60(88)66-30-43(80)26-47(74(4)32-37-10-13-40(14-11-37)61-72-73-62(96-61)41-17-15-39(16-18-41)42-28-67-65(68-29-42)75-22-20-46(21-23-75)94-45-8-6-5-7-9-45)57(85)69-52(35(2)78)63(89)76-33-44(81)27-48(76)58(86)71-54(59(87)70-53(36(3)79)64(77)90)50(83)24-38-12-19-49(82)51(25-38)95-97(91,92)93/h12,15-19,25,28-29,34-37,40,43-48,50,52-56,78-84H,5-11,13-14,20-24,26-27,30-33H2,1-4H3,(H,66,88)(H,69,85)(H,70,87)(H,71,86)(H,91,92,93)/t34-,35+,36+,37-,40-,43+,44+,47-,48-,50+,52-,53-,54-,55-,56-/m0/s1. The molecule has 2 aliphatic carbocycles. The van der Waals surface area contributed by atoms with Crippen LogP contribution in [0.2, 0.25) is 0 Å². The van der Waals surface area contributed by atoms with Crippen molar-refractivity contribution in [3.8, 4) is 33.2 Å². The van der Waals surface area contributed by atoms with Crippen molar-refractivity contribution in [3.05, 3.63) is 65.4 Å². The predicted octanol–water partition coefficient (Wildman–Crippen LogP) is 0.312. The van der Waals surface area contributed by atoms with Crippen molar-refractivity contribution in [2.45, 2.75) is 202 Å². The largest absolute Gasteiger partial charge is 0.504 e. The SMILES string of the molecule is C[C@@H](O)[C@@H]1NC(=O)[C@H]([C@H](O)Cc2ccc(O)c(OS(=O)(=O)O)c2)NC(=O)[C@@H]2C[C@@H](O)CN2C(=O)[C@H]([C@@H](C)O)NC(=O)[C@@H](N(C)C[C@H]2CC[C@H](c3nnc(-c4ccc(-c5cnc(N6CCC(OC7CCCCC7)CC6)nc5)cc4)s3)CC2)C[C@@H](O)CNC(=O)[C@@H]2[C@@H](O)[C@@H](C)CN2C1=O. The van der Waals surface area contributed by atoms with Gasteiger partial charge in [-0.15, -0.1) is 10.2 Å². The molecule has 97 heavy (non-hydrogen) atoms. The second-order valence-electron chi connectivity index (χ2n) is 27.0. The molecular weight excluding hydrogens is 1300 g/mol. The summed E-state index contributed by atoms with van der Waals surface area (Å²) in [5, 5.41) is 99.3. The monoisotopic (exact) mass is 1390 g/mol. The number of amides is 6. The van der Waals surface area contributed by atoms with Gasteiger partial charge in [-0.25, -0.2) is 9.97 Å². The number of fused-ring (bicyclic) bond motifs is 2. The van der Waals surface area contributed by atoms with Crippen LogP contribution < -0.4 is 30.4 Å². The molecule has 10 rings (SSSR count). The molecule has 12 N–H and O–H groups in total. The number of aliphatic hydroxyl groups is 6. The van der Waals surface area contributed by atoms with Gasteiger partial charge >= 0.3 is 10.4 Å². The first-order chi connectivity index (χ1) is 46.2. The molecule has 0 unspecified atom stereocenters. The summed E-state index contributed by atoms with van der Waals surface area (Å²) in [7, 11) is -3.52. The lowest BCUT2D eigenvalue weighted by Gasteiger charge is -2.36. The Balaban J connectivity index is 0.821. The molecule has 4 aliphatic heterocycles. The number of nitrogens with zero attached hydrogens (tertiary/aromatic N) is 8. The zero-order valence-corrected chi connectivity index (χ0v) is 56.3. The number of hydrogen-bond donors (Lipinski definition) is 12. The van der Waals surface area contributed by atoms with Crippen molar-refractivity contribution in [1.29, 1.82) is 0 Å². The number of aliphatic hydroxyl groups excluding tert-OH is 6. The minimum atomic E-state index is -5.19. The number of phenols is 1. The first-order valence-corrected chi connectivity index (χ1v) is 35.6. The molecule has 0 bridgehead atoms. The van der Waals surface area contributed by atoms with Gasteiger partial charge in [0.15, 0.2) is 11.5 Å². The minimum Gasteiger partial charge on any atom is -0.504 e. The Bertz CT molecular complexity index is 3510. The highest BCUT2D eigenvalue weighted by molar-refractivity contribution is 7.81. The van der Waals surface area contributed by atoms with Crippen LogP contribution in [-0.4, -0.2) is 250 Å².